The number of para-hydroxylation sites is 1. The molecule has 210 valence electrons. The van der Waals surface area contributed by atoms with Crippen LogP contribution in [0.1, 0.15) is 26.2 Å². The summed E-state index contributed by atoms with van der Waals surface area (Å²) in [5.74, 6) is 2.00. The van der Waals surface area contributed by atoms with E-state index in [0.717, 1.165) is 46.5 Å². The number of carbonyl (C=O) groups is 1. The number of benzene rings is 2. The molecule has 0 radical (unpaired) electrons. The fourth-order valence-corrected chi connectivity index (χ4v) is 5.40. The van der Waals surface area contributed by atoms with Crippen molar-refractivity contribution in [3.05, 3.63) is 79.3 Å². The van der Waals surface area contributed by atoms with E-state index < -0.39 is 5.54 Å². The molecule has 2 aromatic heterocycles. The third-order valence-corrected chi connectivity index (χ3v) is 7.98. The van der Waals surface area contributed by atoms with Crippen molar-refractivity contribution in [3.8, 4) is 28.7 Å². The highest BCUT2D eigenvalue weighted by atomic mass is 16.5. The van der Waals surface area contributed by atoms with E-state index in [1.165, 1.54) is 12.4 Å². The van der Waals surface area contributed by atoms with Crippen LogP contribution in [0.3, 0.4) is 0 Å². The average molecular weight is 550 g/mol. The number of ether oxygens (including phenoxy) is 1. The number of hydrogen-bond acceptors (Lipinski definition) is 7. The number of hydrogen-bond donors (Lipinski definition) is 1. The Morgan fingerprint density at radius 1 is 1.17 bits per heavy atom. The normalized spacial score (nSPS) is 16.8. The molecule has 1 unspecified atom stereocenters. The number of nitriles is 1. The molecule has 1 fully saturated rings. The highest BCUT2D eigenvalue weighted by molar-refractivity contribution is 6.00. The molecule has 5 rings (SSSR count). The molecule has 1 saturated heterocycles. The Morgan fingerprint density at radius 2 is 1.90 bits per heavy atom. The topological polar surface area (TPSA) is 113 Å². The lowest BCUT2D eigenvalue weighted by Crippen LogP contribution is -2.46. The summed E-state index contributed by atoms with van der Waals surface area (Å²) in [5.41, 5.74) is 8.47. The van der Waals surface area contributed by atoms with Gasteiger partial charge in [-0.2, -0.15) is 5.26 Å². The molecular formula is C32H35N7O2. The molecule has 0 saturated carbocycles. The van der Waals surface area contributed by atoms with Crippen LogP contribution in [-0.2, 0) is 11.3 Å². The minimum absolute atomic E-state index is 0.0233. The van der Waals surface area contributed by atoms with Gasteiger partial charge >= 0.3 is 0 Å². The van der Waals surface area contributed by atoms with Gasteiger partial charge < -0.3 is 19.9 Å². The number of likely N-dealkylation sites (N-methyl/N-ethyl adjacent to an activating group) is 1. The minimum atomic E-state index is -0.550. The quantitative estimate of drug-likeness (QED) is 0.284. The van der Waals surface area contributed by atoms with Gasteiger partial charge in [0.05, 0.1) is 11.5 Å². The highest BCUT2D eigenvalue weighted by Gasteiger charge is 2.35. The van der Waals surface area contributed by atoms with E-state index in [-0.39, 0.29) is 11.9 Å². The number of amides is 1. The van der Waals surface area contributed by atoms with Gasteiger partial charge in [0.15, 0.2) is 0 Å². The van der Waals surface area contributed by atoms with Crippen LogP contribution in [0.5, 0.6) is 11.5 Å². The zero-order valence-electron chi connectivity index (χ0n) is 23.7. The second-order valence-electron chi connectivity index (χ2n) is 10.9. The number of carbonyl (C=O) groups excluding carboxylic acids is 1. The van der Waals surface area contributed by atoms with E-state index in [1.807, 2.05) is 91.5 Å². The smallest absolute Gasteiger partial charge is 0.225 e. The van der Waals surface area contributed by atoms with E-state index >= 15 is 0 Å². The summed E-state index contributed by atoms with van der Waals surface area (Å²) in [4.78, 5) is 26.4. The first-order valence-electron chi connectivity index (χ1n) is 13.8. The predicted molar refractivity (Wildman–Crippen MR) is 160 cm³/mol. The summed E-state index contributed by atoms with van der Waals surface area (Å²) in [5, 5.41) is 9.84. The molecule has 2 atom stereocenters. The number of allylic oxidation sites excluding steroid dienone is 1. The summed E-state index contributed by atoms with van der Waals surface area (Å²) in [7, 11) is 3.85. The van der Waals surface area contributed by atoms with Crippen molar-refractivity contribution in [1.29, 1.82) is 5.26 Å². The van der Waals surface area contributed by atoms with Gasteiger partial charge in [0.1, 0.15) is 29.3 Å². The van der Waals surface area contributed by atoms with E-state index in [9.17, 15) is 4.79 Å². The van der Waals surface area contributed by atoms with Gasteiger partial charge in [0.2, 0.25) is 5.91 Å². The van der Waals surface area contributed by atoms with Gasteiger partial charge in [0.25, 0.3) is 0 Å². The molecule has 2 aromatic carbocycles. The molecule has 41 heavy (non-hydrogen) atoms. The summed E-state index contributed by atoms with van der Waals surface area (Å²) < 4.78 is 8.06. The minimum Gasteiger partial charge on any atom is -0.457 e. The SMILES string of the molecule is CN(C)[C@@](C)(/C=C/C#N)CC(=O)N1CCCC1Cn1cc(-c2ccc(Oc3ccccc3)cc2)c2c(N)ncnc21. The Hall–Kier alpha value is -4.68. The number of nitrogen functional groups attached to an aromatic ring is 1. The summed E-state index contributed by atoms with van der Waals surface area (Å²) >= 11 is 0. The maximum absolute atomic E-state index is 13.6. The number of anilines is 1. The lowest BCUT2D eigenvalue weighted by Gasteiger charge is -2.35. The lowest BCUT2D eigenvalue weighted by atomic mass is 9.94. The Bertz CT molecular complexity index is 1590. The van der Waals surface area contributed by atoms with Crippen LogP contribution < -0.4 is 10.5 Å². The van der Waals surface area contributed by atoms with Crippen LogP contribution in [0.15, 0.2) is 79.3 Å². The van der Waals surface area contributed by atoms with Crippen molar-refractivity contribution < 1.29 is 9.53 Å². The molecule has 1 aliphatic heterocycles. The number of nitrogens with two attached hydrogens (primary N) is 1. The van der Waals surface area contributed by atoms with Gasteiger partial charge in [0, 0.05) is 48.9 Å². The van der Waals surface area contributed by atoms with Crippen molar-refractivity contribution in [2.75, 3.05) is 26.4 Å². The molecule has 9 heteroatoms. The van der Waals surface area contributed by atoms with E-state index in [4.69, 9.17) is 15.7 Å². The van der Waals surface area contributed by atoms with E-state index in [1.54, 1.807) is 6.08 Å². The largest absolute Gasteiger partial charge is 0.457 e. The fraction of sp³-hybridized carbons (Fsp3) is 0.312. The van der Waals surface area contributed by atoms with Gasteiger partial charge in [-0.05, 0) is 63.7 Å². The predicted octanol–water partition coefficient (Wildman–Crippen LogP) is 5.25. The fourth-order valence-electron chi connectivity index (χ4n) is 5.40. The molecule has 9 nitrogen and oxygen atoms in total. The number of rotatable bonds is 9. The van der Waals surface area contributed by atoms with Gasteiger partial charge in [-0.3, -0.25) is 9.69 Å². The molecule has 4 aromatic rings. The first kappa shape index (κ1) is 27.9. The van der Waals surface area contributed by atoms with Crippen molar-refractivity contribution >= 4 is 22.8 Å². The Morgan fingerprint density at radius 3 is 2.61 bits per heavy atom. The Labute approximate surface area is 240 Å². The number of aromatic nitrogens is 3. The second kappa shape index (κ2) is 11.8. The van der Waals surface area contributed by atoms with Crippen LogP contribution >= 0.6 is 0 Å². The molecule has 3 heterocycles. The van der Waals surface area contributed by atoms with Crippen LogP contribution in [0, 0.1) is 11.3 Å². The van der Waals surface area contributed by atoms with Crippen molar-refractivity contribution in [2.24, 2.45) is 0 Å². The monoisotopic (exact) mass is 549 g/mol. The number of likely N-dealkylation sites (tertiary alicyclic amines) is 1. The number of nitrogens with zero attached hydrogens (tertiary/aromatic N) is 6. The van der Waals surface area contributed by atoms with Gasteiger partial charge in [-0.25, -0.2) is 9.97 Å². The Balaban J connectivity index is 1.40. The highest BCUT2D eigenvalue weighted by Crippen LogP contribution is 2.35. The van der Waals surface area contributed by atoms with Gasteiger partial charge in [-0.15, -0.1) is 0 Å². The first-order valence-corrected chi connectivity index (χ1v) is 13.8. The zero-order valence-corrected chi connectivity index (χ0v) is 23.7. The number of fused-ring (bicyclic) bond motifs is 1. The molecule has 0 aliphatic carbocycles. The molecular weight excluding hydrogens is 514 g/mol. The molecule has 1 aliphatic rings. The summed E-state index contributed by atoms with van der Waals surface area (Å²) in [6.45, 7) is 3.28. The second-order valence-corrected chi connectivity index (χ2v) is 10.9. The first-order chi connectivity index (χ1) is 19.8. The van der Waals surface area contributed by atoms with E-state index in [0.29, 0.717) is 25.3 Å². The third kappa shape index (κ3) is 5.93. The summed E-state index contributed by atoms with van der Waals surface area (Å²) in [6, 6.07) is 19.6. The van der Waals surface area contributed by atoms with Crippen LogP contribution in [0.2, 0.25) is 0 Å². The zero-order chi connectivity index (χ0) is 29.0. The third-order valence-electron chi connectivity index (χ3n) is 7.98. The van der Waals surface area contributed by atoms with Crippen LogP contribution in [-0.4, -0.2) is 62.5 Å². The van der Waals surface area contributed by atoms with Crippen molar-refractivity contribution in [1.82, 2.24) is 24.3 Å². The average Bonchev–Trinajstić information content (AvgIpc) is 3.59. The summed E-state index contributed by atoms with van der Waals surface area (Å²) in [6.07, 6.45) is 8.93. The van der Waals surface area contributed by atoms with Crippen LogP contribution in [0.25, 0.3) is 22.2 Å². The van der Waals surface area contributed by atoms with Crippen molar-refractivity contribution in [3.63, 3.8) is 0 Å². The van der Waals surface area contributed by atoms with Crippen LogP contribution in [0.4, 0.5) is 5.82 Å². The molecule has 1 amide bonds. The Kier molecular flexibility index (Phi) is 8.04. The standard InChI is InChI=1S/C32H35N7O2/c1-32(37(2)3,16-8-17-33)19-28(40)39-18-7-9-24(39)20-38-21-27(29-30(34)35-22-36-31(29)38)23-12-14-26(15-13-23)41-25-10-5-4-6-11-25/h4-6,8,10-16,21-22,24H,7,9,18-20H2,1-3H3,(H2,34,35,36)/b16-8+/t24?,32-/m0/s1. The molecule has 0 bridgehead atoms. The maximum atomic E-state index is 13.6. The maximum Gasteiger partial charge on any atom is 0.225 e. The lowest BCUT2D eigenvalue weighted by molar-refractivity contribution is -0.134. The molecule has 0 spiro atoms. The van der Waals surface area contributed by atoms with Crippen molar-refractivity contribution in [2.45, 2.75) is 44.3 Å². The molecule has 2 N–H and O–H groups in total. The van der Waals surface area contributed by atoms with Gasteiger partial charge in [-0.1, -0.05) is 36.4 Å². The van der Waals surface area contributed by atoms with E-state index in [2.05, 4.69) is 20.7 Å².